The van der Waals surface area contributed by atoms with Gasteiger partial charge in [-0.1, -0.05) is 19.1 Å². The molecule has 3 aromatic rings. The summed E-state index contributed by atoms with van der Waals surface area (Å²) in [6.07, 6.45) is 5.54. The summed E-state index contributed by atoms with van der Waals surface area (Å²) in [6, 6.07) is 11.9. The predicted molar refractivity (Wildman–Crippen MR) is 143 cm³/mol. The minimum absolute atomic E-state index is 0.120. The van der Waals surface area contributed by atoms with Crippen LogP contribution in [0, 0.1) is 12.8 Å². The number of carbonyl (C=O) groups excluding carboxylic acids is 1. The van der Waals surface area contributed by atoms with E-state index in [2.05, 4.69) is 44.8 Å². The van der Waals surface area contributed by atoms with Gasteiger partial charge in [0.15, 0.2) is 0 Å². The highest BCUT2D eigenvalue weighted by Crippen LogP contribution is 2.41. The average Bonchev–Trinajstić information content (AvgIpc) is 2.90. The van der Waals surface area contributed by atoms with Crippen LogP contribution in [0.5, 0.6) is 5.75 Å². The van der Waals surface area contributed by atoms with Gasteiger partial charge in [-0.05, 0) is 54.5 Å². The van der Waals surface area contributed by atoms with Gasteiger partial charge in [0.05, 0.1) is 17.9 Å². The number of nitrogens with one attached hydrogen (secondary N) is 2. The van der Waals surface area contributed by atoms with Gasteiger partial charge >= 0.3 is 6.03 Å². The zero-order valence-corrected chi connectivity index (χ0v) is 21.4. The molecule has 0 aliphatic carbocycles. The van der Waals surface area contributed by atoms with E-state index in [1.807, 2.05) is 55.2 Å². The van der Waals surface area contributed by atoms with Crippen LogP contribution in [-0.2, 0) is 0 Å². The van der Waals surface area contributed by atoms with E-state index in [1.165, 1.54) is 0 Å². The molecule has 0 fully saturated rings. The fraction of sp³-hybridized carbons (Fsp3) is 0.385. The number of amides is 2. The molecule has 0 saturated heterocycles. The van der Waals surface area contributed by atoms with Crippen LogP contribution >= 0.6 is 11.8 Å². The van der Waals surface area contributed by atoms with Crippen molar-refractivity contribution in [3.63, 3.8) is 0 Å². The van der Waals surface area contributed by atoms with E-state index in [0.29, 0.717) is 19.1 Å². The van der Waals surface area contributed by atoms with Crippen LogP contribution in [0.2, 0.25) is 0 Å². The zero-order chi connectivity index (χ0) is 24.8. The quantitative estimate of drug-likeness (QED) is 0.475. The Morgan fingerprint density at radius 2 is 2.09 bits per heavy atom. The first-order valence-electron chi connectivity index (χ1n) is 11.7. The normalized spacial score (nSPS) is 14.5. The van der Waals surface area contributed by atoms with Crippen molar-refractivity contribution >= 4 is 29.3 Å². The second-order valence-corrected chi connectivity index (χ2v) is 9.52. The lowest BCUT2D eigenvalue weighted by Gasteiger charge is -2.33. The molecule has 9 heteroatoms. The third-order valence-corrected chi connectivity index (χ3v) is 7.10. The van der Waals surface area contributed by atoms with E-state index in [1.54, 1.807) is 18.3 Å². The smallest absolute Gasteiger partial charge is 0.321 e. The summed E-state index contributed by atoms with van der Waals surface area (Å²) < 4.78 is 6.09. The number of para-hydroxylation sites is 1. The molecule has 1 aromatic carbocycles. The number of nitrogens with zero attached hydrogens (tertiary/aromatic N) is 4. The molecule has 2 N–H and O–H groups in total. The van der Waals surface area contributed by atoms with Crippen LogP contribution in [0.15, 0.2) is 48.9 Å². The number of thioether (sulfide) groups is 1. The molecule has 3 heterocycles. The highest BCUT2D eigenvalue weighted by molar-refractivity contribution is 7.98. The van der Waals surface area contributed by atoms with E-state index < -0.39 is 0 Å². The molecule has 8 nitrogen and oxygen atoms in total. The predicted octanol–water partition coefficient (Wildman–Crippen LogP) is 4.58. The Kier molecular flexibility index (Phi) is 8.07. The molecule has 1 aliphatic heterocycles. The summed E-state index contributed by atoms with van der Waals surface area (Å²) in [5.74, 6) is 3.08. The number of aromatic nitrogens is 3. The number of urea groups is 1. The van der Waals surface area contributed by atoms with E-state index in [4.69, 9.17) is 4.74 Å². The Morgan fingerprint density at radius 3 is 2.83 bits per heavy atom. The van der Waals surface area contributed by atoms with Crippen LogP contribution in [-0.4, -0.2) is 59.7 Å². The molecule has 0 saturated carbocycles. The Bertz CT molecular complexity index is 1160. The Balaban J connectivity index is 1.53. The van der Waals surface area contributed by atoms with Crippen LogP contribution in [0.1, 0.15) is 24.1 Å². The number of anilines is 2. The third-order valence-electron chi connectivity index (χ3n) is 6.33. The summed E-state index contributed by atoms with van der Waals surface area (Å²) in [5, 5.41) is 6.24. The summed E-state index contributed by atoms with van der Waals surface area (Å²) in [6.45, 7) is 5.95. The Hall–Kier alpha value is -3.33. The molecular weight excluding hydrogens is 460 g/mol. The van der Waals surface area contributed by atoms with E-state index in [-0.39, 0.29) is 11.9 Å². The standard InChI is InChI=1S/C26H32N6O2S/c1-17-8-9-19(13-28-17)22-12-24(31-16-30-22)29-14-20(15-35-4)18(2)21-6-5-7-23-25(21)34-11-10-32(23)26(33)27-3/h5-9,12-13,16,18,20H,10-11,14-15H2,1-4H3,(H,27,33)(H,29,30,31). The number of aryl methyl sites for hydroxylation is 1. The number of carbonyl (C=O) groups is 1. The number of pyridine rings is 1. The maximum atomic E-state index is 12.4. The number of rotatable bonds is 8. The van der Waals surface area contributed by atoms with Gasteiger partial charge in [-0.3, -0.25) is 9.88 Å². The first-order valence-corrected chi connectivity index (χ1v) is 13.1. The first-order chi connectivity index (χ1) is 17.0. The van der Waals surface area contributed by atoms with Gasteiger partial charge in [-0.2, -0.15) is 11.8 Å². The summed E-state index contributed by atoms with van der Waals surface area (Å²) in [4.78, 5) is 27.3. The van der Waals surface area contributed by atoms with Crippen LogP contribution in [0.4, 0.5) is 16.3 Å². The molecule has 2 amide bonds. The molecule has 2 atom stereocenters. The van der Waals surface area contributed by atoms with Gasteiger partial charge in [0.2, 0.25) is 0 Å². The second kappa shape index (κ2) is 11.4. The van der Waals surface area contributed by atoms with E-state index in [9.17, 15) is 4.79 Å². The Morgan fingerprint density at radius 1 is 1.23 bits per heavy atom. The Labute approximate surface area is 210 Å². The summed E-state index contributed by atoms with van der Waals surface area (Å²) in [5.41, 5.74) is 4.71. The van der Waals surface area contributed by atoms with Crippen molar-refractivity contribution in [1.82, 2.24) is 20.3 Å². The fourth-order valence-corrected chi connectivity index (χ4v) is 5.13. The monoisotopic (exact) mass is 492 g/mol. The molecule has 2 aromatic heterocycles. The van der Waals surface area contributed by atoms with Crippen LogP contribution < -0.4 is 20.3 Å². The molecule has 1 aliphatic rings. The molecular formula is C26H32N6O2S. The molecule has 4 rings (SSSR count). The van der Waals surface area contributed by atoms with Gasteiger partial charge in [0.1, 0.15) is 24.5 Å². The SMILES string of the molecule is CNC(=O)N1CCOc2c(C(C)C(CNc3cc(-c4ccc(C)nc4)ncn3)CSC)cccc21. The van der Waals surface area contributed by atoms with Gasteiger partial charge in [-0.25, -0.2) is 14.8 Å². The summed E-state index contributed by atoms with van der Waals surface area (Å²) in [7, 11) is 1.65. The van der Waals surface area contributed by atoms with Crippen LogP contribution in [0.25, 0.3) is 11.3 Å². The van der Waals surface area contributed by atoms with Gasteiger partial charge in [-0.15, -0.1) is 0 Å². The summed E-state index contributed by atoms with van der Waals surface area (Å²) >= 11 is 1.82. The lowest BCUT2D eigenvalue weighted by molar-refractivity contribution is 0.241. The fourth-order valence-electron chi connectivity index (χ4n) is 4.29. The van der Waals surface area contributed by atoms with Crippen molar-refractivity contribution in [3.05, 3.63) is 60.2 Å². The topological polar surface area (TPSA) is 92.3 Å². The van der Waals surface area contributed by atoms with E-state index in [0.717, 1.165) is 52.1 Å². The average molecular weight is 493 g/mol. The molecule has 184 valence electrons. The van der Waals surface area contributed by atoms with Crippen molar-refractivity contribution < 1.29 is 9.53 Å². The number of benzene rings is 1. The minimum Gasteiger partial charge on any atom is -0.489 e. The van der Waals surface area contributed by atoms with Gasteiger partial charge in [0.25, 0.3) is 0 Å². The second-order valence-electron chi connectivity index (χ2n) is 8.61. The maximum Gasteiger partial charge on any atom is 0.321 e. The molecule has 0 bridgehead atoms. The van der Waals surface area contributed by atoms with Crippen molar-refractivity contribution in [1.29, 1.82) is 0 Å². The van der Waals surface area contributed by atoms with Crippen molar-refractivity contribution in [2.24, 2.45) is 5.92 Å². The van der Waals surface area contributed by atoms with Gasteiger partial charge < -0.3 is 15.4 Å². The lowest BCUT2D eigenvalue weighted by atomic mass is 9.87. The highest BCUT2D eigenvalue weighted by atomic mass is 32.2. The highest BCUT2D eigenvalue weighted by Gasteiger charge is 2.29. The van der Waals surface area contributed by atoms with Crippen molar-refractivity contribution in [2.45, 2.75) is 19.8 Å². The number of ether oxygens (including phenoxy) is 1. The van der Waals surface area contributed by atoms with Crippen molar-refractivity contribution in [2.75, 3.05) is 49.0 Å². The zero-order valence-electron chi connectivity index (χ0n) is 20.6. The third kappa shape index (κ3) is 5.67. The van der Waals surface area contributed by atoms with Crippen LogP contribution in [0.3, 0.4) is 0 Å². The number of fused-ring (bicyclic) bond motifs is 1. The first kappa shape index (κ1) is 24.8. The molecule has 35 heavy (non-hydrogen) atoms. The largest absolute Gasteiger partial charge is 0.489 e. The molecule has 2 unspecified atom stereocenters. The molecule has 0 spiro atoms. The number of hydrogen-bond donors (Lipinski definition) is 2. The number of hydrogen-bond acceptors (Lipinski definition) is 7. The molecule has 0 radical (unpaired) electrons. The van der Waals surface area contributed by atoms with Gasteiger partial charge in [0, 0.05) is 37.1 Å². The minimum atomic E-state index is -0.120. The van der Waals surface area contributed by atoms with E-state index >= 15 is 0 Å². The maximum absolute atomic E-state index is 12.4. The lowest BCUT2D eigenvalue weighted by Crippen LogP contribution is -2.43. The van der Waals surface area contributed by atoms with Crippen molar-refractivity contribution in [3.8, 4) is 17.0 Å².